The first-order valence-corrected chi connectivity index (χ1v) is 6.49. The molecule has 0 aliphatic carbocycles. The van der Waals surface area contributed by atoms with E-state index in [9.17, 15) is 4.79 Å². The highest BCUT2D eigenvalue weighted by Crippen LogP contribution is 2.19. The molecule has 1 amide bonds. The molecular formula is C12H14N4OS. The number of hydrogen-bond donors (Lipinski definition) is 1. The molecule has 0 atom stereocenters. The molecule has 0 fully saturated rings. The first-order chi connectivity index (χ1) is 8.58. The fraction of sp³-hybridized carbons (Fsp3) is 0.333. The number of rotatable bonds is 3. The molecule has 0 unspecified atom stereocenters. The SMILES string of the molecule is Cc1csc(NC(=O)c2cncnc2C(C)C)n1. The van der Waals surface area contributed by atoms with Crippen LogP contribution in [0.2, 0.25) is 0 Å². The fourth-order valence-corrected chi connectivity index (χ4v) is 2.23. The Hall–Kier alpha value is -1.82. The van der Waals surface area contributed by atoms with E-state index in [-0.39, 0.29) is 11.8 Å². The third kappa shape index (κ3) is 2.70. The Labute approximate surface area is 109 Å². The third-order valence-corrected chi connectivity index (χ3v) is 3.25. The highest BCUT2D eigenvalue weighted by Gasteiger charge is 2.16. The van der Waals surface area contributed by atoms with Gasteiger partial charge in [-0.2, -0.15) is 0 Å². The lowest BCUT2D eigenvalue weighted by molar-refractivity contribution is 0.102. The second kappa shape index (κ2) is 5.22. The number of thiazole rings is 1. The predicted octanol–water partition coefficient (Wildman–Crippen LogP) is 2.62. The number of anilines is 1. The summed E-state index contributed by atoms with van der Waals surface area (Å²) in [5.41, 5.74) is 2.14. The lowest BCUT2D eigenvalue weighted by Gasteiger charge is -2.09. The molecule has 94 valence electrons. The van der Waals surface area contributed by atoms with Gasteiger partial charge in [0, 0.05) is 11.6 Å². The number of hydrogen-bond acceptors (Lipinski definition) is 5. The van der Waals surface area contributed by atoms with Crippen LogP contribution < -0.4 is 5.32 Å². The smallest absolute Gasteiger partial charge is 0.260 e. The number of amides is 1. The lowest BCUT2D eigenvalue weighted by atomic mass is 10.1. The number of carbonyl (C=O) groups excluding carboxylic acids is 1. The van der Waals surface area contributed by atoms with Crippen LogP contribution in [0.4, 0.5) is 5.13 Å². The fourth-order valence-electron chi connectivity index (χ4n) is 1.55. The van der Waals surface area contributed by atoms with Crippen molar-refractivity contribution in [3.63, 3.8) is 0 Å². The van der Waals surface area contributed by atoms with Gasteiger partial charge in [-0.05, 0) is 12.8 Å². The first-order valence-electron chi connectivity index (χ1n) is 5.61. The van der Waals surface area contributed by atoms with Crippen molar-refractivity contribution in [3.8, 4) is 0 Å². The number of nitrogens with zero attached hydrogens (tertiary/aromatic N) is 3. The van der Waals surface area contributed by atoms with E-state index in [1.54, 1.807) is 0 Å². The second-order valence-corrected chi connectivity index (χ2v) is 5.08. The molecule has 0 aromatic carbocycles. The molecule has 1 N–H and O–H groups in total. The van der Waals surface area contributed by atoms with Gasteiger partial charge in [0.1, 0.15) is 6.33 Å². The molecule has 0 aliphatic rings. The zero-order valence-electron chi connectivity index (χ0n) is 10.5. The molecular weight excluding hydrogens is 248 g/mol. The lowest BCUT2D eigenvalue weighted by Crippen LogP contribution is -2.16. The summed E-state index contributed by atoms with van der Waals surface area (Å²) in [6.45, 7) is 5.87. The molecule has 0 saturated heterocycles. The monoisotopic (exact) mass is 262 g/mol. The van der Waals surface area contributed by atoms with Gasteiger partial charge >= 0.3 is 0 Å². The van der Waals surface area contributed by atoms with E-state index in [2.05, 4.69) is 20.3 Å². The van der Waals surface area contributed by atoms with Gasteiger partial charge in [0.15, 0.2) is 5.13 Å². The van der Waals surface area contributed by atoms with E-state index in [1.165, 1.54) is 23.9 Å². The molecule has 2 rings (SSSR count). The van der Waals surface area contributed by atoms with Crippen molar-refractivity contribution in [1.82, 2.24) is 15.0 Å². The normalized spacial score (nSPS) is 10.7. The van der Waals surface area contributed by atoms with Crippen molar-refractivity contribution in [2.45, 2.75) is 26.7 Å². The Kier molecular flexibility index (Phi) is 3.66. The minimum atomic E-state index is -0.214. The van der Waals surface area contributed by atoms with Gasteiger partial charge < -0.3 is 0 Å². The Morgan fingerprint density at radius 3 is 2.83 bits per heavy atom. The van der Waals surface area contributed by atoms with Crippen molar-refractivity contribution >= 4 is 22.4 Å². The average Bonchev–Trinajstić information content (AvgIpc) is 2.74. The van der Waals surface area contributed by atoms with Crippen LogP contribution in [0.5, 0.6) is 0 Å². The maximum atomic E-state index is 12.1. The molecule has 0 aliphatic heterocycles. The summed E-state index contributed by atoms with van der Waals surface area (Å²) in [7, 11) is 0. The highest BCUT2D eigenvalue weighted by atomic mass is 32.1. The van der Waals surface area contributed by atoms with Gasteiger partial charge in [-0.3, -0.25) is 10.1 Å². The first kappa shape index (κ1) is 12.6. The molecule has 2 aromatic heterocycles. The summed E-state index contributed by atoms with van der Waals surface area (Å²) in [4.78, 5) is 24.4. The van der Waals surface area contributed by atoms with Crippen LogP contribution in [-0.4, -0.2) is 20.9 Å². The summed E-state index contributed by atoms with van der Waals surface area (Å²) < 4.78 is 0. The van der Waals surface area contributed by atoms with Crippen LogP contribution in [0.1, 0.15) is 41.5 Å². The number of nitrogens with one attached hydrogen (secondary N) is 1. The Bertz CT molecular complexity index is 565. The van der Waals surface area contributed by atoms with Crippen molar-refractivity contribution in [3.05, 3.63) is 34.9 Å². The minimum Gasteiger partial charge on any atom is -0.298 e. The molecule has 5 nitrogen and oxygen atoms in total. The summed E-state index contributed by atoms with van der Waals surface area (Å²) in [6.07, 6.45) is 3.00. The van der Waals surface area contributed by atoms with E-state index in [1.807, 2.05) is 26.2 Å². The zero-order chi connectivity index (χ0) is 13.1. The van der Waals surface area contributed by atoms with Crippen molar-refractivity contribution in [2.24, 2.45) is 0 Å². The summed E-state index contributed by atoms with van der Waals surface area (Å²) >= 11 is 1.40. The van der Waals surface area contributed by atoms with E-state index in [0.717, 1.165) is 11.4 Å². The van der Waals surface area contributed by atoms with Crippen molar-refractivity contribution in [1.29, 1.82) is 0 Å². The molecule has 0 spiro atoms. The van der Waals surface area contributed by atoms with Gasteiger partial charge in [0.25, 0.3) is 5.91 Å². The summed E-state index contributed by atoms with van der Waals surface area (Å²) in [5.74, 6) is -0.0413. The predicted molar refractivity (Wildman–Crippen MR) is 70.9 cm³/mol. The van der Waals surface area contributed by atoms with E-state index < -0.39 is 0 Å². The Balaban J connectivity index is 2.24. The molecule has 2 heterocycles. The van der Waals surface area contributed by atoms with Crippen LogP contribution in [0.15, 0.2) is 17.9 Å². The van der Waals surface area contributed by atoms with Crippen molar-refractivity contribution in [2.75, 3.05) is 5.32 Å². The molecule has 6 heteroatoms. The van der Waals surface area contributed by atoms with Crippen LogP contribution in [-0.2, 0) is 0 Å². The van der Waals surface area contributed by atoms with Crippen molar-refractivity contribution < 1.29 is 4.79 Å². The molecule has 0 saturated carbocycles. The third-order valence-electron chi connectivity index (χ3n) is 2.37. The van der Waals surface area contributed by atoms with Crippen LogP contribution in [0, 0.1) is 6.92 Å². The van der Waals surface area contributed by atoms with Crippen LogP contribution in [0.3, 0.4) is 0 Å². The van der Waals surface area contributed by atoms with E-state index in [0.29, 0.717) is 10.7 Å². The van der Waals surface area contributed by atoms with Gasteiger partial charge in [0.05, 0.1) is 17.0 Å². The number of carbonyl (C=O) groups is 1. The van der Waals surface area contributed by atoms with Crippen LogP contribution in [0.25, 0.3) is 0 Å². The summed E-state index contributed by atoms with van der Waals surface area (Å²) in [5, 5.41) is 5.25. The van der Waals surface area contributed by atoms with Crippen LogP contribution >= 0.6 is 11.3 Å². The molecule has 18 heavy (non-hydrogen) atoms. The second-order valence-electron chi connectivity index (χ2n) is 4.22. The highest BCUT2D eigenvalue weighted by molar-refractivity contribution is 7.13. The average molecular weight is 262 g/mol. The number of aromatic nitrogens is 3. The largest absolute Gasteiger partial charge is 0.298 e. The number of aryl methyl sites for hydroxylation is 1. The topological polar surface area (TPSA) is 67.8 Å². The standard InChI is InChI=1S/C12H14N4OS/c1-7(2)10-9(4-13-6-14-10)11(17)16-12-15-8(3)5-18-12/h4-7H,1-3H3,(H,15,16,17). The zero-order valence-corrected chi connectivity index (χ0v) is 11.3. The maximum Gasteiger partial charge on any atom is 0.260 e. The van der Waals surface area contributed by atoms with Gasteiger partial charge in [-0.15, -0.1) is 11.3 Å². The van der Waals surface area contributed by atoms with Gasteiger partial charge in [-0.1, -0.05) is 13.8 Å². The van der Waals surface area contributed by atoms with E-state index >= 15 is 0 Å². The quantitative estimate of drug-likeness (QED) is 0.923. The van der Waals surface area contributed by atoms with Gasteiger partial charge in [0.2, 0.25) is 0 Å². The molecule has 0 bridgehead atoms. The van der Waals surface area contributed by atoms with E-state index in [4.69, 9.17) is 0 Å². The Morgan fingerprint density at radius 2 is 2.22 bits per heavy atom. The minimum absolute atomic E-state index is 0.173. The Morgan fingerprint density at radius 1 is 1.44 bits per heavy atom. The molecule has 0 radical (unpaired) electrons. The molecule has 2 aromatic rings. The summed E-state index contributed by atoms with van der Waals surface area (Å²) in [6, 6.07) is 0. The van der Waals surface area contributed by atoms with Gasteiger partial charge in [-0.25, -0.2) is 15.0 Å². The maximum absolute atomic E-state index is 12.1.